The van der Waals surface area contributed by atoms with Crippen LogP contribution in [0.5, 0.6) is 5.75 Å². The Bertz CT molecular complexity index is 788. The van der Waals surface area contributed by atoms with E-state index in [4.69, 9.17) is 4.74 Å². The molecule has 0 radical (unpaired) electrons. The number of ether oxygens (including phenoxy) is 1. The van der Waals surface area contributed by atoms with E-state index in [1.807, 2.05) is 38.1 Å². The zero-order valence-corrected chi connectivity index (χ0v) is 15.7. The number of carbonyl (C=O) groups excluding carboxylic acids is 2. The van der Waals surface area contributed by atoms with Crippen LogP contribution >= 0.6 is 0 Å². The van der Waals surface area contributed by atoms with Gasteiger partial charge in [0.25, 0.3) is 11.8 Å². The summed E-state index contributed by atoms with van der Waals surface area (Å²) < 4.78 is 5.60. The van der Waals surface area contributed by atoms with E-state index in [0.29, 0.717) is 35.6 Å². The highest BCUT2D eigenvalue weighted by molar-refractivity contribution is 5.99. The van der Waals surface area contributed by atoms with E-state index < -0.39 is 0 Å². The van der Waals surface area contributed by atoms with Gasteiger partial charge in [-0.2, -0.15) is 5.10 Å². The lowest BCUT2D eigenvalue weighted by molar-refractivity contribution is 0.0948. The summed E-state index contributed by atoms with van der Waals surface area (Å²) in [7, 11) is 0. The van der Waals surface area contributed by atoms with E-state index in [1.165, 1.54) is 0 Å². The molecule has 0 atom stereocenters. The van der Waals surface area contributed by atoms with Gasteiger partial charge in [0.2, 0.25) is 0 Å². The van der Waals surface area contributed by atoms with Crippen molar-refractivity contribution >= 4 is 17.5 Å². The number of benzene rings is 2. The average molecular weight is 367 g/mol. The Hall–Kier alpha value is -3.15. The number of hydrogen-bond donors (Lipinski definition) is 2. The maximum Gasteiger partial charge on any atom is 0.275 e. The van der Waals surface area contributed by atoms with Crippen molar-refractivity contribution in [3.05, 3.63) is 65.7 Å². The van der Waals surface area contributed by atoms with Gasteiger partial charge >= 0.3 is 0 Å². The number of rotatable bonds is 9. The summed E-state index contributed by atoms with van der Waals surface area (Å²) >= 11 is 0. The highest BCUT2D eigenvalue weighted by Crippen LogP contribution is 2.18. The first-order chi connectivity index (χ1) is 13.2. The van der Waals surface area contributed by atoms with Crippen LogP contribution in [0.1, 0.15) is 47.4 Å². The SMILES string of the molecule is CCCOc1ccccc1C(=O)N/N=C(\CC)CNC(=O)c1ccccc1. The average Bonchev–Trinajstić information content (AvgIpc) is 2.72. The Morgan fingerprint density at radius 3 is 2.37 bits per heavy atom. The van der Waals surface area contributed by atoms with Gasteiger partial charge in [0.05, 0.1) is 24.4 Å². The molecule has 2 rings (SSSR count). The normalized spacial score (nSPS) is 11.0. The molecule has 0 heterocycles. The predicted molar refractivity (Wildman–Crippen MR) is 106 cm³/mol. The molecule has 0 saturated carbocycles. The number of carbonyl (C=O) groups is 2. The number of nitrogens with one attached hydrogen (secondary N) is 2. The monoisotopic (exact) mass is 367 g/mol. The van der Waals surface area contributed by atoms with Crippen molar-refractivity contribution in [1.29, 1.82) is 0 Å². The summed E-state index contributed by atoms with van der Waals surface area (Å²) in [6.07, 6.45) is 1.46. The Morgan fingerprint density at radius 2 is 1.67 bits per heavy atom. The van der Waals surface area contributed by atoms with E-state index in [1.54, 1.807) is 30.3 Å². The first kappa shape index (κ1) is 20.2. The molecule has 0 aliphatic heterocycles. The van der Waals surface area contributed by atoms with E-state index in [0.717, 1.165) is 6.42 Å². The van der Waals surface area contributed by atoms with E-state index in [-0.39, 0.29) is 18.4 Å². The van der Waals surface area contributed by atoms with Crippen LogP contribution < -0.4 is 15.5 Å². The zero-order chi connectivity index (χ0) is 19.5. The van der Waals surface area contributed by atoms with E-state index in [2.05, 4.69) is 15.8 Å². The van der Waals surface area contributed by atoms with Crippen molar-refractivity contribution in [2.24, 2.45) is 5.10 Å². The first-order valence-corrected chi connectivity index (χ1v) is 9.06. The molecule has 0 aliphatic rings. The summed E-state index contributed by atoms with van der Waals surface area (Å²) in [5.74, 6) is 0.00547. The third-order valence-electron chi connectivity index (χ3n) is 3.81. The number of hydrogen-bond acceptors (Lipinski definition) is 4. The lowest BCUT2D eigenvalue weighted by Crippen LogP contribution is -2.31. The van der Waals surface area contributed by atoms with Gasteiger partial charge in [-0.3, -0.25) is 9.59 Å². The van der Waals surface area contributed by atoms with Crippen LogP contribution in [0.2, 0.25) is 0 Å². The molecule has 142 valence electrons. The second-order valence-corrected chi connectivity index (χ2v) is 5.87. The van der Waals surface area contributed by atoms with Crippen LogP contribution in [0.15, 0.2) is 59.7 Å². The van der Waals surface area contributed by atoms with E-state index >= 15 is 0 Å². The van der Waals surface area contributed by atoms with Crippen molar-refractivity contribution in [2.45, 2.75) is 26.7 Å². The second-order valence-electron chi connectivity index (χ2n) is 5.87. The number of para-hydroxylation sites is 1. The van der Waals surface area contributed by atoms with Gasteiger partial charge in [0.1, 0.15) is 5.75 Å². The molecule has 2 aromatic rings. The fourth-order valence-corrected chi connectivity index (χ4v) is 2.30. The van der Waals surface area contributed by atoms with Gasteiger partial charge in [-0.05, 0) is 37.1 Å². The molecule has 6 heteroatoms. The minimum absolute atomic E-state index is 0.179. The van der Waals surface area contributed by atoms with Crippen LogP contribution in [0, 0.1) is 0 Å². The third kappa shape index (κ3) is 6.26. The Labute approximate surface area is 159 Å². The number of hydrazone groups is 1. The molecule has 27 heavy (non-hydrogen) atoms. The van der Waals surface area contributed by atoms with Crippen molar-refractivity contribution in [3.63, 3.8) is 0 Å². The lowest BCUT2D eigenvalue weighted by atomic mass is 10.2. The maximum absolute atomic E-state index is 12.4. The van der Waals surface area contributed by atoms with Crippen LogP contribution in [0.4, 0.5) is 0 Å². The molecule has 6 nitrogen and oxygen atoms in total. The molecule has 0 saturated heterocycles. The largest absolute Gasteiger partial charge is 0.493 e. The highest BCUT2D eigenvalue weighted by Gasteiger charge is 2.12. The molecule has 0 spiro atoms. The van der Waals surface area contributed by atoms with Gasteiger partial charge in [-0.1, -0.05) is 44.2 Å². The van der Waals surface area contributed by atoms with Gasteiger partial charge in [-0.15, -0.1) is 0 Å². The standard InChI is InChI=1S/C21H25N3O3/c1-3-14-27-19-13-9-8-12-18(19)21(26)24-23-17(4-2)15-22-20(25)16-10-6-5-7-11-16/h5-13H,3-4,14-15H2,1-2H3,(H,22,25)(H,24,26)/b23-17+. The summed E-state index contributed by atoms with van der Waals surface area (Å²) in [6.45, 7) is 4.72. The number of nitrogens with zero attached hydrogens (tertiary/aromatic N) is 1. The van der Waals surface area contributed by atoms with Gasteiger partial charge in [0.15, 0.2) is 0 Å². The van der Waals surface area contributed by atoms with Crippen LogP contribution in [-0.4, -0.2) is 30.7 Å². The lowest BCUT2D eigenvalue weighted by Gasteiger charge is -2.10. The molecular formula is C21H25N3O3. The van der Waals surface area contributed by atoms with Crippen molar-refractivity contribution in [2.75, 3.05) is 13.2 Å². The Balaban J connectivity index is 1.96. The van der Waals surface area contributed by atoms with Crippen LogP contribution in [-0.2, 0) is 0 Å². The van der Waals surface area contributed by atoms with E-state index in [9.17, 15) is 9.59 Å². The van der Waals surface area contributed by atoms with Gasteiger partial charge in [0, 0.05) is 5.56 Å². The fourth-order valence-electron chi connectivity index (χ4n) is 2.30. The fraction of sp³-hybridized carbons (Fsp3) is 0.286. The quantitative estimate of drug-likeness (QED) is 0.527. The highest BCUT2D eigenvalue weighted by atomic mass is 16.5. The van der Waals surface area contributed by atoms with Crippen LogP contribution in [0.3, 0.4) is 0 Å². The topological polar surface area (TPSA) is 79.8 Å². The van der Waals surface area contributed by atoms with Gasteiger partial charge < -0.3 is 10.1 Å². The smallest absolute Gasteiger partial charge is 0.275 e. The van der Waals surface area contributed by atoms with Gasteiger partial charge in [-0.25, -0.2) is 5.43 Å². The molecular weight excluding hydrogens is 342 g/mol. The molecule has 0 fully saturated rings. The third-order valence-corrected chi connectivity index (χ3v) is 3.81. The molecule has 2 N–H and O–H groups in total. The molecule has 0 unspecified atom stereocenters. The Morgan fingerprint density at radius 1 is 0.963 bits per heavy atom. The molecule has 2 aromatic carbocycles. The number of amides is 2. The Kier molecular flexibility index (Phi) is 8.03. The summed E-state index contributed by atoms with van der Waals surface area (Å²) in [6, 6.07) is 16.0. The van der Waals surface area contributed by atoms with Crippen LogP contribution in [0.25, 0.3) is 0 Å². The first-order valence-electron chi connectivity index (χ1n) is 9.06. The van der Waals surface area contributed by atoms with Crippen molar-refractivity contribution in [3.8, 4) is 5.75 Å². The molecule has 0 aliphatic carbocycles. The molecule has 0 bridgehead atoms. The van der Waals surface area contributed by atoms with Crippen molar-refractivity contribution < 1.29 is 14.3 Å². The zero-order valence-electron chi connectivity index (χ0n) is 15.7. The van der Waals surface area contributed by atoms with Crippen molar-refractivity contribution in [1.82, 2.24) is 10.7 Å². The molecule has 2 amide bonds. The predicted octanol–water partition coefficient (Wildman–Crippen LogP) is 3.40. The minimum atomic E-state index is -0.345. The second kappa shape index (κ2) is 10.8. The molecule has 0 aromatic heterocycles. The summed E-state index contributed by atoms with van der Waals surface area (Å²) in [5.41, 5.74) is 4.23. The summed E-state index contributed by atoms with van der Waals surface area (Å²) in [5, 5.41) is 6.96. The minimum Gasteiger partial charge on any atom is -0.493 e. The maximum atomic E-state index is 12.4. The summed E-state index contributed by atoms with van der Waals surface area (Å²) in [4.78, 5) is 24.5.